The van der Waals surface area contributed by atoms with Gasteiger partial charge in [-0.1, -0.05) is 32.9 Å². The lowest BCUT2D eigenvalue weighted by Crippen LogP contribution is -2.18. The molecular formula is C21H26N2O4. The first kappa shape index (κ1) is 20.3. The third kappa shape index (κ3) is 5.00. The van der Waals surface area contributed by atoms with Gasteiger partial charge in [-0.05, 0) is 23.1 Å². The van der Waals surface area contributed by atoms with Crippen LogP contribution in [0.1, 0.15) is 42.3 Å². The van der Waals surface area contributed by atoms with E-state index in [2.05, 4.69) is 31.3 Å². The maximum absolute atomic E-state index is 12.3. The summed E-state index contributed by atoms with van der Waals surface area (Å²) in [6.45, 7) is 6.38. The molecule has 27 heavy (non-hydrogen) atoms. The number of nitrogens with zero attached hydrogens (tertiary/aromatic N) is 1. The first-order chi connectivity index (χ1) is 12.8. The largest absolute Gasteiger partial charge is 0.496 e. The normalized spacial score (nSPS) is 11.3. The molecule has 6 heteroatoms. The van der Waals surface area contributed by atoms with Gasteiger partial charge < -0.3 is 14.2 Å². The lowest BCUT2D eigenvalue weighted by Gasteiger charge is -2.18. The van der Waals surface area contributed by atoms with Crippen molar-refractivity contribution in [3.63, 3.8) is 0 Å². The molecule has 0 spiro atoms. The summed E-state index contributed by atoms with van der Waals surface area (Å²) in [6.07, 6.45) is 1.48. The molecule has 2 aromatic rings. The Labute approximate surface area is 160 Å². The summed E-state index contributed by atoms with van der Waals surface area (Å²) in [5, 5.41) is 4.04. The zero-order valence-corrected chi connectivity index (χ0v) is 16.6. The minimum absolute atomic E-state index is 0.0363. The van der Waals surface area contributed by atoms with Crippen molar-refractivity contribution in [3.8, 4) is 17.2 Å². The highest BCUT2D eigenvalue weighted by atomic mass is 16.5. The van der Waals surface area contributed by atoms with Gasteiger partial charge in [-0.15, -0.1) is 0 Å². The number of hydrogen-bond donors (Lipinski definition) is 1. The Kier molecular flexibility index (Phi) is 6.45. The van der Waals surface area contributed by atoms with Gasteiger partial charge in [0, 0.05) is 17.7 Å². The van der Waals surface area contributed by atoms with Crippen molar-refractivity contribution in [2.45, 2.75) is 26.2 Å². The zero-order chi connectivity index (χ0) is 20.0. The molecule has 1 N–H and O–H groups in total. The summed E-state index contributed by atoms with van der Waals surface area (Å²) in [6, 6.07) is 10.9. The summed E-state index contributed by atoms with van der Waals surface area (Å²) >= 11 is 0. The van der Waals surface area contributed by atoms with Gasteiger partial charge >= 0.3 is 0 Å². The fraction of sp³-hybridized carbons (Fsp3) is 0.333. The Morgan fingerprint density at radius 2 is 1.52 bits per heavy atom. The molecule has 0 aromatic heterocycles. The third-order valence-electron chi connectivity index (χ3n) is 4.13. The van der Waals surface area contributed by atoms with E-state index >= 15 is 0 Å². The van der Waals surface area contributed by atoms with Gasteiger partial charge in [0.25, 0.3) is 5.91 Å². The van der Waals surface area contributed by atoms with Gasteiger partial charge in [0.2, 0.25) is 0 Å². The van der Waals surface area contributed by atoms with Crippen LogP contribution in [0.25, 0.3) is 0 Å². The van der Waals surface area contributed by atoms with Crippen LogP contribution >= 0.6 is 0 Å². The van der Waals surface area contributed by atoms with Crippen LogP contribution < -0.4 is 19.6 Å². The minimum atomic E-state index is -0.293. The van der Waals surface area contributed by atoms with Crippen LogP contribution in [0.5, 0.6) is 17.2 Å². The highest BCUT2D eigenvalue weighted by Crippen LogP contribution is 2.32. The van der Waals surface area contributed by atoms with Gasteiger partial charge in [0.1, 0.15) is 17.2 Å². The number of carbonyl (C=O) groups excluding carboxylic acids is 1. The van der Waals surface area contributed by atoms with Crippen molar-refractivity contribution in [2.75, 3.05) is 21.3 Å². The van der Waals surface area contributed by atoms with Crippen molar-refractivity contribution in [1.82, 2.24) is 5.43 Å². The van der Waals surface area contributed by atoms with Crippen LogP contribution in [-0.4, -0.2) is 33.5 Å². The third-order valence-corrected chi connectivity index (χ3v) is 4.13. The summed E-state index contributed by atoms with van der Waals surface area (Å²) in [7, 11) is 4.65. The number of carbonyl (C=O) groups is 1. The van der Waals surface area contributed by atoms with Gasteiger partial charge in [-0.3, -0.25) is 4.79 Å². The number of hydrazone groups is 1. The molecule has 0 bridgehead atoms. The fourth-order valence-electron chi connectivity index (χ4n) is 2.50. The van der Waals surface area contributed by atoms with E-state index < -0.39 is 0 Å². The number of amides is 1. The maximum atomic E-state index is 12.3. The predicted octanol–water partition coefficient (Wildman–Crippen LogP) is 3.77. The van der Waals surface area contributed by atoms with Gasteiger partial charge in [0.15, 0.2) is 0 Å². The summed E-state index contributed by atoms with van der Waals surface area (Å²) < 4.78 is 15.9. The molecule has 0 atom stereocenters. The Morgan fingerprint density at radius 1 is 0.963 bits per heavy atom. The van der Waals surface area contributed by atoms with E-state index in [0.29, 0.717) is 28.4 Å². The molecule has 2 rings (SSSR count). The zero-order valence-electron chi connectivity index (χ0n) is 16.6. The standard InChI is InChI=1S/C21H26N2O4/c1-21(2,3)15-9-7-14(8-10-15)20(24)23-22-13-17-18(26-5)11-16(25-4)12-19(17)27-6/h7-13H,1-6H3,(H,23,24)/b22-13-. The molecule has 0 aliphatic heterocycles. The maximum Gasteiger partial charge on any atom is 0.271 e. The highest BCUT2D eigenvalue weighted by molar-refractivity contribution is 5.95. The second-order valence-corrected chi connectivity index (χ2v) is 6.97. The van der Waals surface area contributed by atoms with E-state index in [-0.39, 0.29) is 11.3 Å². The van der Waals surface area contributed by atoms with Crippen LogP contribution in [0.4, 0.5) is 0 Å². The first-order valence-corrected chi connectivity index (χ1v) is 8.54. The van der Waals surface area contributed by atoms with Crippen LogP contribution in [0.3, 0.4) is 0 Å². The predicted molar refractivity (Wildman–Crippen MR) is 106 cm³/mol. The van der Waals surface area contributed by atoms with E-state index in [4.69, 9.17) is 14.2 Å². The van der Waals surface area contributed by atoms with Crippen molar-refractivity contribution >= 4 is 12.1 Å². The summed E-state index contributed by atoms with van der Waals surface area (Å²) in [5.41, 5.74) is 4.86. The van der Waals surface area contributed by atoms with Crippen LogP contribution in [0, 0.1) is 0 Å². The molecule has 6 nitrogen and oxygen atoms in total. The van der Waals surface area contributed by atoms with Gasteiger partial charge in [0.05, 0.1) is 33.1 Å². The van der Waals surface area contributed by atoms with Gasteiger partial charge in [-0.25, -0.2) is 5.43 Å². The van der Waals surface area contributed by atoms with Crippen LogP contribution in [0.2, 0.25) is 0 Å². The average Bonchev–Trinajstić information content (AvgIpc) is 2.66. The number of benzene rings is 2. The molecular weight excluding hydrogens is 344 g/mol. The van der Waals surface area contributed by atoms with Crippen molar-refractivity contribution < 1.29 is 19.0 Å². The number of rotatable bonds is 6. The molecule has 0 fully saturated rings. The molecule has 0 heterocycles. The lowest BCUT2D eigenvalue weighted by atomic mass is 9.87. The summed E-state index contributed by atoms with van der Waals surface area (Å²) in [4.78, 5) is 12.3. The number of methoxy groups -OCH3 is 3. The van der Waals surface area contributed by atoms with Crippen molar-refractivity contribution in [3.05, 3.63) is 53.1 Å². The molecule has 0 unspecified atom stereocenters. The van der Waals surface area contributed by atoms with Gasteiger partial charge in [-0.2, -0.15) is 5.10 Å². The minimum Gasteiger partial charge on any atom is -0.496 e. The van der Waals surface area contributed by atoms with Crippen molar-refractivity contribution in [2.24, 2.45) is 5.10 Å². The van der Waals surface area contributed by atoms with Crippen LogP contribution in [-0.2, 0) is 5.41 Å². The molecule has 1 amide bonds. The monoisotopic (exact) mass is 370 g/mol. The average molecular weight is 370 g/mol. The van der Waals surface area contributed by atoms with E-state index in [9.17, 15) is 4.79 Å². The fourth-order valence-corrected chi connectivity index (χ4v) is 2.50. The second kappa shape index (κ2) is 8.58. The van der Waals surface area contributed by atoms with E-state index in [1.807, 2.05) is 12.1 Å². The van der Waals surface area contributed by atoms with Crippen molar-refractivity contribution in [1.29, 1.82) is 0 Å². The van der Waals surface area contributed by atoms with E-state index in [1.54, 1.807) is 45.6 Å². The SMILES string of the molecule is COc1cc(OC)c(/C=N\NC(=O)c2ccc(C(C)(C)C)cc2)c(OC)c1. The highest BCUT2D eigenvalue weighted by Gasteiger charge is 2.14. The number of hydrogen-bond acceptors (Lipinski definition) is 5. The smallest absolute Gasteiger partial charge is 0.271 e. The summed E-state index contributed by atoms with van der Waals surface area (Å²) in [5.74, 6) is 1.36. The van der Waals surface area contributed by atoms with E-state index in [1.165, 1.54) is 6.21 Å². The van der Waals surface area contributed by atoms with Crippen LogP contribution in [0.15, 0.2) is 41.5 Å². The Hall–Kier alpha value is -3.02. The number of ether oxygens (including phenoxy) is 3. The molecule has 0 radical (unpaired) electrons. The lowest BCUT2D eigenvalue weighted by molar-refractivity contribution is 0.0955. The van der Waals surface area contributed by atoms with E-state index in [0.717, 1.165) is 5.56 Å². The Morgan fingerprint density at radius 3 is 1.96 bits per heavy atom. The topological polar surface area (TPSA) is 69.2 Å². The Bertz CT molecular complexity index is 796. The molecule has 0 saturated carbocycles. The second-order valence-electron chi connectivity index (χ2n) is 6.97. The molecule has 0 saturated heterocycles. The first-order valence-electron chi connectivity index (χ1n) is 8.54. The molecule has 2 aromatic carbocycles. The molecule has 0 aliphatic rings. The molecule has 144 valence electrons. The number of nitrogens with one attached hydrogen (secondary N) is 1. The quantitative estimate of drug-likeness (QED) is 0.621. The molecule has 0 aliphatic carbocycles. The Balaban J connectivity index is 2.16.